The Morgan fingerprint density at radius 2 is 2.03 bits per heavy atom. The lowest BCUT2D eigenvalue weighted by atomic mass is 9.85. The van der Waals surface area contributed by atoms with E-state index in [1.54, 1.807) is 6.20 Å². The lowest BCUT2D eigenvalue weighted by Crippen LogP contribution is -2.56. The number of nitrogens with zero attached hydrogens (tertiary/aromatic N) is 2. The summed E-state index contributed by atoms with van der Waals surface area (Å²) >= 11 is 6.73. The van der Waals surface area contributed by atoms with Crippen molar-refractivity contribution >= 4 is 34.1 Å². The molecule has 2 aromatic rings. The molecule has 194 valence electrons. The van der Waals surface area contributed by atoms with Gasteiger partial charge in [0, 0.05) is 29.1 Å². The molecule has 5 atom stereocenters. The van der Waals surface area contributed by atoms with Gasteiger partial charge in [0.2, 0.25) is 5.91 Å². The number of nitrogens with one attached hydrogen (secondary N) is 1. The molecule has 1 aliphatic carbocycles. The summed E-state index contributed by atoms with van der Waals surface area (Å²) in [5, 5.41) is 16.2. The normalized spacial score (nSPS) is 33.6. The monoisotopic (exact) mass is 513 g/mol. The highest BCUT2D eigenvalue weighted by Gasteiger charge is 2.48. The van der Waals surface area contributed by atoms with Gasteiger partial charge in [0.25, 0.3) is 0 Å². The summed E-state index contributed by atoms with van der Waals surface area (Å²) in [6, 6.07) is 6.12. The number of aromatic nitrogens is 1. The van der Waals surface area contributed by atoms with E-state index in [0.717, 1.165) is 73.2 Å². The molecule has 8 heteroatoms. The predicted octanol–water partition coefficient (Wildman–Crippen LogP) is 4.36. The molecule has 4 fully saturated rings. The number of aliphatic hydroxyl groups excluding tert-OH is 1. The molecule has 4 aliphatic rings. The van der Waals surface area contributed by atoms with Gasteiger partial charge in [-0.3, -0.25) is 9.69 Å². The number of aliphatic hydroxyl groups is 1. The summed E-state index contributed by atoms with van der Waals surface area (Å²) in [5.41, 5.74) is 0.845. The number of halogens is 1. The highest BCUT2D eigenvalue weighted by atomic mass is 35.5. The van der Waals surface area contributed by atoms with Crippen molar-refractivity contribution in [1.82, 2.24) is 9.88 Å². The zero-order valence-electron chi connectivity index (χ0n) is 20.9. The SMILES string of the molecule is C[C@@]1(N2CCC(c3cc4cc(NC(=O)[C@H]5C[C@@H]5C5CCCCO5)ncc4cc3Cl)CC2)COC[C@@H]1O. The number of amides is 1. The van der Waals surface area contributed by atoms with Crippen LogP contribution in [0.5, 0.6) is 0 Å². The van der Waals surface area contributed by atoms with E-state index in [2.05, 4.69) is 28.2 Å². The third-order valence-electron chi connectivity index (χ3n) is 9.00. The highest BCUT2D eigenvalue weighted by Crippen LogP contribution is 2.45. The van der Waals surface area contributed by atoms with Crippen molar-refractivity contribution in [3.8, 4) is 0 Å². The van der Waals surface area contributed by atoms with Gasteiger partial charge >= 0.3 is 0 Å². The molecule has 1 aromatic carbocycles. The van der Waals surface area contributed by atoms with E-state index in [4.69, 9.17) is 21.1 Å². The van der Waals surface area contributed by atoms with E-state index in [0.29, 0.717) is 30.9 Å². The van der Waals surface area contributed by atoms with Crippen LogP contribution >= 0.6 is 11.6 Å². The minimum atomic E-state index is -0.444. The fourth-order valence-corrected chi connectivity index (χ4v) is 6.80. The first-order chi connectivity index (χ1) is 17.4. The van der Waals surface area contributed by atoms with Crippen LogP contribution in [0.1, 0.15) is 56.9 Å². The van der Waals surface area contributed by atoms with Gasteiger partial charge in [-0.15, -0.1) is 0 Å². The molecule has 0 radical (unpaired) electrons. The van der Waals surface area contributed by atoms with E-state index in [1.165, 1.54) is 6.42 Å². The van der Waals surface area contributed by atoms with E-state index in [-0.39, 0.29) is 23.5 Å². The molecule has 6 rings (SSSR count). The second-order valence-electron chi connectivity index (χ2n) is 11.3. The molecule has 7 nitrogen and oxygen atoms in total. The van der Waals surface area contributed by atoms with Gasteiger partial charge in [0.05, 0.1) is 31.0 Å². The van der Waals surface area contributed by atoms with Crippen LogP contribution < -0.4 is 5.32 Å². The molecule has 1 aromatic heterocycles. The highest BCUT2D eigenvalue weighted by molar-refractivity contribution is 6.32. The number of hydrogen-bond donors (Lipinski definition) is 2. The summed E-state index contributed by atoms with van der Waals surface area (Å²) in [5.74, 6) is 1.38. The van der Waals surface area contributed by atoms with Crippen LogP contribution in [0.2, 0.25) is 5.02 Å². The lowest BCUT2D eigenvalue weighted by Gasteiger charge is -2.43. The van der Waals surface area contributed by atoms with Crippen molar-refractivity contribution in [3.05, 3.63) is 35.0 Å². The maximum Gasteiger partial charge on any atom is 0.229 e. The summed E-state index contributed by atoms with van der Waals surface area (Å²) in [4.78, 5) is 19.7. The zero-order chi connectivity index (χ0) is 24.9. The number of anilines is 1. The first-order valence-electron chi connectivity index (χ1n) is 13.4. The Balaban J connectivity index is 1.13. The van der Waals surface area contributed by atoms with Crippen molar-refractivity contribution < 1.29 is 19.4 Å². The average molecular weight is 514 g/mol. The van der Waals surface area contributed by atoms with Crippen LogP contribution in [0.3, 0.4) is 0 Å². The van der Waals surface area contributed by atoms with Crippen LogP contribution in [0.4, 0.5) is 5.82 Å². The van der Waals surface area contributed by atoms with E-state index in [1.807, 2.05) is 12.1 Å². The van der Waals surface area contributed by atoms with Crippen molar-refractivity contribution in [2.75, 3.05) is 38.2 Å². The predicted molar refractivity (Wildman–Crippen MR) is 139 cm³/mol. The number of benzene rings is 1. The van der Waals surface area contributed by atoms with Crippen molar-refractivity contribution in [2.24, 2.45) is 11.8 Å². The molecule has 1 amide bonds. The van der Waals surface area contributed by atoms with E-state index in [9.17, 15) is 9.90 Å². The third-order valence-corrected chi connectivity index (χ3v) is 9.33. The van der Waals surface area contributed by atoms with E-state index >= 15 is 0 Å². The van der Waals surface area contributed by atoms with Gasteiger partial charge in [-0.1, -0.05) is 11.6 Å². The number of rotatable bonds is 5. The molecule has 3 saturated heterocycles. The molecule has 0 bridgehead atoms. The van der Waals surface area contributed by atoms with Crippen molar-refractivity contribution in [1.29, 1.82) is 0 Å². The van der Waals surface area contributed by atoms with Gasteiger partial charge in [0.1, 0.15) is 5.82 Å². The summed E-state index contributed by atoms with van der Waals surface area (Å²) < 4.78 is 11.4. The second kappa shape index (κ2) is 9.84. The zero-order valence-corrected chi connectivity index (χ0v) is 21.7. The molecule has 2 N–H and O–H groups in total. The minimum Gasteiger partial charge on any atom is -0.389 e. The molecule has 0 spiro atoms. The number of hydrogen-bond acceptors (Lipinski definition) is 6. The lowest BCUT2D eigenvalue weighted by molar-refractivity contribution is -0.118. The molecular formula is C28H36ClN3O4. The Hall–Kier alpha value is -1.77. The van der Waals surface area contributed by atoms with Gasteiger partial charge in [-0.05, 0) is 99.5 Å². The second-order valence-corrected chi connectivity index (χ2v) is 11.7. The summed E-state index contributed by atoms with van der Waals surface area (Å²) in [6.07, 6.45) is 7.85. The van der Waals surface area contributed by atoms with Gasteiger partial charge in [0.15, 0.2) is 0 Å². The average Bonchev–Trinajstić information content (AvgIpc) is 3.63. The molecule has 4 heterocycles. The molecule has 36 heavy (non-hydrogen) atoms. The number of carbonyl (C=O) groups is 1. The van der Waals surface area contributed by atoms with Crippen LogP contribution in [-0.2, 0) is 14.3 Å². The maximum absolute atomic E-state index is 12.9. The summed E-state index contributed by atoms with van der Waals surface area (Å²) in [6.45, 7) is 5.72. The largest absolute Gasteiger partial charge is 0.389 e. The quantitative estimate of drug-likeness (QED) is 0.618. The van der Waals surface area contributed by atoms with Crippen LogP contribution in [0.25, 0.3) is 10.8 Å². The molecule has 1 saturated carbocycles. The maximum atomic E-state index is 12.9. The van der Waals surface area contributed by atoms with Gasteiger partial charge in [-0.25, -0.2) is 4.98 Å². The van der Waals surface area contributed by atoms with Crippen LogP contribution in [0.15, 0.2) is 24.4 Å². The number of ether oxygens (including phenoxy) is 2. The molecule has 3 aliphatic heterocycles. The van der Waals surface area contributed by atoms with Crippen molar-refractivity contribution in [2.45, 2.75) is 69.1 Å². The van der Waals surface area contributed by atoms with Crippen LogP contribution in [-0.4, -0.2) is 71.6 Å². The van der Waals surface area contributed by atoms with Crippen LogP contribution in [0, 0.1) is 11.8 Å². The first-order valence-corrected chi connectivity index (χ1v) is 13.8. The van der Waals surface area contributed by atoms with Gasteiger partial charge < -0.3 is 19.9 Å². The number of piperidine rings is 1. The topological polar surface area (TPSA) is 83.9 Å². The number of pyridine rings is 1. The fourth-order valence-electron chi connectivity index (χ4n) is 6.47. The Bertz CT molecular complexity index is 1130. The summed E-state index contributed by atoms with van der Waals surface area (Å²) in [7, 11) is 0. The fraction of sp³-hybridized carbons (Fsp3) is 0.643. The smallest absolute Gasteiger partial charge is 0.229 e. The van der Waals surface area contributed by atoms with Gasteiger partial charge in [-0.2, -0.15) is 0 Å². The number of fused-ring (bicyclic) bond motifs is 1. The molecular weight excluding hydrogens is 478 g/mol. The standard InChI is InChI=1S/C28H36ClN3O4/c1-28(16-35-15-25(28)33)32-7-5-17(6-8-32)20-10-18-12-26(30-14-19(18)11-23(20)29)31-27(34)22-13-21(22)24-4-2-3-9-36-24/h10-12,14,17,21-22,24-25,33H,2-9,13,15-16H2,1H3,(H,30,31,34)/t21-,22-,24?,25-,28+/m0/s1. The Morgan fingerprint density at radius 3 is 2.75 bits per heavy atom. The Labute approximate surface area is 217 Å². The first kappa shape index (κ1) is 24.6. The molecule has 1 unspecified atom stereocenters. The number of carbonyl (C=O) groups excluding carboxylic acids is 1. The van der Waals surface area contributed by atoms with E-state index < -0.39 is 6.10 Å². The Kier molecular flexibility index (Phi) is 6.71. The number of likely N-dealkylation sites (tertiary alicyclic amines) is 1. The minimum absolute atomic E-state index is 0.0298. The van der Waals surface area contributed by atoms with Crippen molar-refractivity contribution in [3.63, 3.8) is 0 Å². The Morgan fingerprint density at radius 1 is 1.19 bits per heavy atom. The third kappa shape index (κ3) is 4.65.